The topological polar surface area (TPSA) is 9.23 Å². The first-order chi connectivity index (χ1) is 9.29. The van der Waals surface area contributed by atoms with Crippen LogP contribution >= 0.6 is 0 Å². The average Bonchev–Trinajstić information content (AvgIpc) is 2.46. The van der Waals surface area contributed by atoms with Crippen molar-refractivity contribution in [3.63, 3.8) is 0 Å². The third-order valence-corrected chi connectivity index (χ3v) is 4.40. The zero-order valence-electron chi connectivity index (χ0n) is 11.5. The first-order valence-electron chi connectivity index (χ1n) is 6.98. The molecule has 0 amide bonds. The molecule has 0 heterocycles. The van der Waals surface area contributed by atoms with E-state index in [9.17, 15) is 0 Å². The predicted molar refractivity (Wildman–Crippen MR) is 78.7 cm³/mol. The Morgan fingerprint density at radius 3 is 2.16 bits per heavy atom. The Bertz CT molecular complexity index is 529. The molecule has 0 aromatic heterocycles. The van der Waals surface area contributed by atoms with Crippen LogP contribution in [0.25, 0.3) is 0 Å². The number of benzene rings is 2. The van der Waals surface area contributed by atoms with Crippen LogP contribution in [0, 0.1) is 5.92 Å². The van der Waals surface area contributed by atoms with Gasteiger partial charge in [0, 0.05) is 0 Å². The maximum atomic E-state index is 5.23. The molecule has 0 radical (unpaired) electrons. The van der Waals surface area contributed by atoms with Crippen LogP contribution in [0.5, 0.6) is 5.75 Å². The Morgan fingerprint density at radius 2 is 1.58 bits per heavy atom. The van der Waals surface area contributed by atoms with Crippen molar-refractivity contribution in [2.75, 3.05) is 7.11 Å². The minimum Gasteiger partial charge on any atom is -0.497 e. The summed E-state index contributed by atoms with van der Waals surface area (Å²) in [6, 6.07) is 19.5. The first kappa shape index (κ1) is 12.3. The van der Waals surface area contributed by atoms with E-state index in [1.54, 1.807) is 7.11 Å². The summed E-state index contributed by atoms with van der Waals surface area (Å²) >= 11 is 0. The van der Waals surface area contributed by atoms with E-state index in [2.05, 4.69) is 61.5 Å². The van der Waals surface area contributed by atoms with E-state index in [-0.39, 0.29) is 0 Å². The van der Waals surface area contributed by atoms with E-state index >= 15 is 0 Å². The Labute approximate surface area is 115 Å². The van der Waals surface area contributed by atoms with Gasteiger partial charge in [0.15, 0.2) is 0 Å². The molecule has 1 nitrogen and oxygen atoms in total. The molecule has 98 valence electrons. The molecule has 3 rings (SSSR count). The summed E-state index contributed by atoms with van der Waals surface area (Å²) in [5.41, 5.74) is 2.91. The molecule has 2 aromatic carbocycles. The standard InChI is InChI=1S/C18H20O/c1-13-12-17(14-8-10-16(19-2)11-9-14)18(13)15-6-4-3-5-7-15/h3-11,13,17-18H,12H2,1-2H3. The second-order valence-electron chi connectivity index (χ2n) is 5.53. The zero-order valence-corrected chi connectivity index (χ0v) is 11.5. The highest BCUT2D eigenvalue weighted by atomic mass is 16.5. The van der Waals surface area contributed by atoms with Crippen LogP contribution in [0.4, 0.5) is 0 Å². The average molecular weight is 252 g/mol. The monoisotopic (exact) mass is 252 g/mol. The van der Waals surface area contributed by atoms with Gasteiger partial charge in [-0.2, -0.15) is 0 Å². The second-order valence-corrected chi connectivity index (χ2v) is 5.53. The van der Waals surface area contributed by atoms with Gasteiger partial charge in [0.05, 0.1) is 7.11 Å². The van der Waals surface area contributed by atoms with Gasteiger partial charge in [0.25, 0.3) is 0 Å². The van der Waals surface area contributed by atoms with Crippen molar-refractivity contribution in [1.82, 2.24) is 0 Å². The summed E-state index contributed by atoms with van der Waals surface area (Å²) in [6.45, 7) is 2.36. The van der Waals surface area contributed by atoms with Crippen molar-refractivity contribution >= 4 is 0 Å². The highest BCUT2D eigenvalue weighted by Gasteiger charge is 2.39. The lowest BCUT2D eigenvalue weighted by molar-refractivity contribution is 0.227. The van der Waals surface area contributed by atoms with Crippen molar-refractivity contribution in [1.29, 1.82) is 0 Å². The molecule has 3 unspecified atom stereocenters. The molecule has 1 aliphatic carbocycles. The van der Waals surface area contributed by atoms with Crippen LogP contribution in [0.15, 0.2) is 54.6 Å². The van der Waals surface area contributed by atoms with Gasteiger partial charge in [-0.05, 0) is 47.4 Å². The predicted octanol–water partition coefficient (Wildman–Crippen LogP) is 4.60. The second kappa shape index (κ2) is 5.08. The van der Waals surface area contributed by atoms with Crippen LogP contribution in [0.1, 0.15) is 36.3 Å². The van der Waals surface area contributed by atoms with Crippen molar-refractivity contribution in [2.45, 2.75) is 25.2 Å². The first-order valence-corrected chi connectivity index (χ1v) is 6.98. The number of methoxy groups -OCH3 is 1. The molecule has 1 saturated carbocycles. The summed E-state index contributed by atoms with van der Waals surface area (Å²) in [5.74, 6) is 3.03. The van der Waals surface area contributed by atoms with Crippen LogP contribution in [0.3, 0.4) is 0 Å². The molecule has 0 spiro atoms. The van der Waals surface area contributed by atoms with Crippen molar-refractivity contribution < 1.29 is 4.74 Å². The fraction of sp³-hybridized carbons (Fsp3) is 0.333. The number of ether oxygens (including phenoxy) is 1. The van der Waals surface area contributed by atoms with Gasteiger partial charge < -0.3 is 4.74 Å². The van der Waals surface area contributed by atoms with Gasteiger partial charge >= 0.3 is 0 Å². The lowest BCUT2D eigenvalue weighted by Gasteiger charge is -2.44. The normalized spacial score (nSPS) is 25.7. The summed E-state index contributed by atoms with van der Waals surface area (Å²) in [7, 11) is 1.72. The Hall–Kier alpha value is -1.76. The fourth-order valence-electron chi connectivity index (χ4n) is 3.33. The molecule has 0 saturated heterocycles. The Morgan fingerprint density at radius 1 is 0.895 bits per heavy atom. The van der Waals surface area contributed by atoms with E-state index in [4.69, 9.17) is 4.74 Å². The fourth-order valence-corrected chi connectivity index (χ4v) is 3.33. The number of hydrogen-bond acceptors (Lipinski definition) is 1. The van der Waals surface area contributed by atoms with E-state index in [1.807, 2.05) is 0 Å². The summed E-state index contributed by atoms with van der Waals surface area (Å²) in [5, 5.41) is 0. The summed E-state index contributed by atoms with van der Waals surface area (Å²) < 4.78 is 5.23. The van der Waals surface area contributed by atoms with Gasteiger partial charge in [-0.1, -0.05) is 49.4 Å². The molecule has 0 N–H and O–H groups in total. The molecular weight excluding hydrogens is 232 g/mol. The highest BCUT2D eigenvalue weighted by Crippen LogP contribution is 2.53. The number of rotatable bonds is 3. The highest BCUT2D eigenvalue weighted by molar-refractivity contribution is 5.36. The van der Waals surface area contributed by atoms with Crippen LogP contribution in [-0.4, -0.2) is 7.11 Å². The SMILES string of the molecule is COc1ccc(C2CC(C)C2c2ccccc2)cc1. The van der Waals surface area contributed by atoms with Crippen LogP contribution in [0.2, 0.25) is 0 Å². The Balaban J connectivity index is 1.85. The van der Waals surface area contributed by atoms with Gasteiger partial charge in [-0.15, -0.1) is 0 Å². The zero-order chi connectivity index (χ0) is 13.2. The molecule has 1 aliphatic rings. The molecule has 1 heteroatoms. The van der Waals surface area contributed by atoms with Crippen molar-refractivity contribution in [3.05, 3.63) is 65.7 Å². The maximum absolute atomic E-state index is 5.23. The third kappa shape index (κ3) is 2.25. The quantitative estimate of drug-likeness (QED) is 0.775. The van der Waals surface area contributed by atoms with Gasteiger partial charge in [0.1, 0.15) is 5.75 Å². The van der Waals surface area contributed by atoms with E-state index in [1.165, 1.54) is 17.5 Å². The molecule has 2 aromatic rings. The lowest BCUT2D eigenvalue weighted by Crippen LogP contribution is -2.30. The largest absolute Gasteiger partial charge is 0.497 e. The van der Waals surface area contributed by atoms with Gasteiger partial charge in [-0.3, -0.25) is 0 Å². The summed E-state index contributed by atoms with van der Waals surface area (Å²) in [4.78, 5) is 0. The molecule has 1 fully saturated rings. The number of hydrogen-bond donors (Lipinski definition) is 0. The summed E-state index contributed by atoms with van der Waals surface area (Å²) in [6.07, 6.45) is 1.28. The van der Waals surface area contributed by atoms with Gasteiger partial charge in [0.2, 0.25) is 0 Å². The smallest absolute Gasteiger partial charge is 0.118 e. The Kier molecular flexibility index (Phi) is 3.29. The minimum atomic E-state index is 0.656. The van der Waals surface area contributed by atoms with Gasteiger partial charge in [-0.25, -0.2) is 0 Å². The van der Waals surface area contributed by atoms with Crippen LogP contribution in [-0.2, 0) is 0 Å². The van der Waals surface area contributed by atoms with Crippen molar-refractivity contribution in [3.8, 4) is 5.75 Å². The molecule has 0 bridgehead atoms. The molecular formula is C18H20O. The van der Waals surface area contributed by atoms with Crippen molar-refractivity contribution in [2.24, 2.45) is 5.92 Å². The van der Waals surface area contributed by atoms with Crippen LogP contribution < -0.4 is 4.74 Å². The maximum Gasteiger partial charge on any atom is 0.118 e. The van der Waals surface area contributed by atoms with E-state index in [0.29, 0.717) is 11.8 Å². The minimum absolute atomic E-state index is 0.656. The lowest BCUT2D eigenvalue weighted by atomic mass is 9.60. The molecule has 0 aliphatic heterocycles. The van der Waals surface area contributed by atoms with E-state index < -0.39 is 0 Å². The molecule has 19 heavy (non-hydrogen) atoms. The third-order valence-electron chi connectivity index (χ3n) is 4.40. The molecule has 3 atom stereocenters. The van der Waals surface area contributed by atoms with E-state index in [0.717, 1.165) is 11.7 Å².